The quantitative estimate of drug-likeness (QED) is 0.820. The van der Waals surface area contributed by atoms with Crippen LogP contribution in [0.5, 0.6) is 0 Å². The normalized spacial score (nSPS) is 12.3. The lowest BCUT2D eigenvalue weighted by atomic mass is 9.97. The molecule has 0 heterocycles. The highest BCUT2D eigenvalue weighted by Gasteiger charge is 2.08. The summed E-state index contributed by atoms with van der Waals surface area (Å²) in [6.45, 7) is 1.98. The lowest BCUT2D eigenvalue weighted by Gasteiger charge is -2.16. The molecule has 20 heavy (non-hydrogen) atoms. The Bertz CT molecular complexity index is 536. The van der Waals surface area contributed by atoms with Crippen molar-refractivity contribution in [3.63, 3.8) is 0 Å². The monoisotopic (exact) mass is 271 g/mol. The van der Waals surface area contributed by atoms with Crippen LogP contribution in [-0.4, -0.2) is 7.05 Å². The highest BCUT2D eigenvalue weighted by molar-refractivity contribution is 5.26. The van der Waals surface area contributed by atoms with E-state index in [0.717, 1.165) is 24.8 Å². The van der Waals surface area contributed by atoms with Crippen molar-refractivity contribution < 1.29 is 4.39 Å². The van der Waals surface area contributed by atoms with E-state index in [1.807, 2.05) is 26.1 Å². The number of aryl methyl sites for hydroxylation is 2. The van der Waals surface area contributed by atoms with E-state index in [9.17, 15) is 4.39 Å². The number of hydrogen-bond acceptors (Lipinski definition) is 1. The summed E-state index contributed by atoms with van der Waals surface area (Å²) in [5.74, 6) is -0.149. The van der Waals surface area contributed by atoms with E-state index in [2.05, 4.69) is 29.6 Å². The molecule has 0 aliphatic heterocycles. The summed E-state index contributed by atoms with van der Waals surface area (Å²) in [6.07, 6.45) is 3.17. The van der Waals surface area contributed by atoms with E-state index in [-0.39, 0.29) is 5.82 Å². The average Bonchev–Trinajstić information content (AvgIpc) is 2.46. The zero-order valence-corrected chi connectivity index (χ0v) is 12.2. The molecule has 0 aromatic heterocycles. The number of hydrogen-bond donors (Lipinski definition) is 1. The summed E-state index contributed by atoms with van der Waals surface area (Å²) in [7, 11) is 2.00. The largest absolute Gasteiger partial charge is 0.313 e. The van der Waals surface area contributed by atoms with Gasteiger partial charge < -0.3 is 5.32 Å². The molecule has 0 bridgehead atoms. The van der Waals surface area contributed by atoms with E-state index in [4.69, 9.17) is 0 Å². The zero-order chi connectivity index (χ0) is 14.4. The van der Waals surface area contributed by atoms with Crippen molar-refractivity contribution >= 4 is 0 Å². The second kappa shape index (κ2) is 7.20. The molecule has 0 aliphatic carbocycles. The molecule has 2 rings (SSSR count). The second-order valence-electron chi connectivity index (χ2n) is 5.21. The maximum atomic E-state index is 13.1. The molecule has 0 saturated heterocycles. The Morgan fingerprint density at radius 3 is 2.50 bits per heavy atom. The van der Waals surface area contributed by atoms with Gasteiger partial charge in [0.1, 0.15) is 5.82 Å². The maximum Gasteiger partial charge on any atom is 0.123 e. The van der Waals surface area contributed by atoms with Gasteiger partial charge >= 0.3 is 0 Å². The lowest BCUT2D eigenvalue weighted by Crippen LogP contribution is -2.16. The van der Waals surface area contributed by atoms with E-state index >= 15 is 0 Å². The molecule has 0 radical (unpaired) electrons. The molecular formula is C18H22FN. The van der Waals surface area contributed by atoms with E-state index in [1.165, 1.54) is 11.1 Å². The average molecular weight is 271 g/mol. The number of nitrogens with one attached hydrogen (secondary N) is 1. The standard InChI is InChI=1S/C18H22FN/c1-14-13-17(19)12-11-15(14)9-6-10-18(20-2)16-7-4-3-5-8-16/h3-5,7-8,11-13,18,20H,6,9-10H2,1-2H3. The van der Waals surface area contributed by atoms with Crippen molar-refractivity contribution in [3.05, 3.63) is 71.0 Å². The van der Waals surface area contributed by atoms with Crippen molar-refractivity contribution in [2.24, 2.45) is 0 Å². The molecule has 0 aliphatic rings. The van der Waals surface area contributed by atoms with Crippen molar-refractivity contribution in [1.29, 1.82) is 0 Å². The summed E-state index contributed by atoms with van der Waals surface area (Å²) in [4.78, 5) is 0. The Balaban J connectivity index is 1.91. The molecule has 1 nitrogen and oxygen atoms in total. The lowest BCUT2D eigenvalue weighted by molar-refractivity contribution is 0.526. The molecule has 2 aromatic rings. The Labute approximate surface area is 120 Å². The third kappa shape index (κ3) is 3.91. The van der Waals surface area contributed by atoms with Crippen LogP contribution in [0.15, 0.2) is 48.5 Å². The van der Waals surface area contributed by atoms with Gasteiger partial charge in [0.15, 0.2) is 0 Å². The fraction of sp³-hybridized carbons (Fsp3) is 0.333. The maximum absolute atomic E-state index is 13.1. The highest BCUT2D eigenvalue weighted by Crippen LogP contribution is 2.20. The van der Waals surface area contributed by atoms with Crippen LogP contribution in [0.1, 0.15) is 35.6 Å². The van der Waals surface area contributed by atoms with E-state index in [0.29, 0.717) is 6.04 Å². The van der Waals surface area contributed by atoms with Crippen LogP contribution in [0.4, 0.5) is 4.39 Å². The van der Waals surface area contributed by atoms with Crippen LogP contribution in [-0.2, 0) is 6.42 Å². The van der Waals surface area contributed by atoms with Gasteiger partial charge in [-0.15, -0.1) is 0 Å². The minimum absolute atomic E-state index is 0.149. The molecule has 0 spiro atoms. The molecular weight excluding hydrogens is 249 g/mol. The van der Waals surface area contributed by atoms with Crippen molar-refractivity contribution in [2.75, 3.05) is 7.05 Å². The summed E-state index contributed by atoms with van der Waals surface area (Å²) < 4.78 is 13.1. The van der Waals surface area contributed by atoms with Crippen LogP contribution < -0.4 is 5.32 Å². The second-order valence-corrected chi connectivity index (χ2v) is 5.21. The van der Waals surface area contributed by atoms with Crippen LogP contribution in [0.2, 0.25) is 0 Å². The van der Waals surface area contributed by atoms with Crippen molar-refractivity contribution in [1.82, 2.24) is 5.32 Å². The molecule has 106 valence electrons. The third-order valence-corrected chi connectivity index (χ3v) is 3.79. The first-order valence-electron chi connectivity index (χ1n) is 7.18. The van der Waals surface area contributed by atoms with Gasteiger partial charge in [0.2, 0.25) is 0 Å². The topological polar surface area (TPSA) is 12.0 Å². The molecule has 0 amide bonds. The molecule has 0 saturated carbocycles. The molecule has 2 aromatic carbocycles. The summed E-state index contributed by atoms with van der Waals surface area (Å²) in [6, 6.07) is 16.0. The Morgan fingerprint density at radius 1 is 1.10 bits per heavy atom. The van der Waals surface area contributed by atoms with Gasteiger partial charge in [0, 0.05) is 6.04 Å². The van der Waals surface area contributed by atoms with Gasteiger partial charge in [0.25, 0.3) is 0 Å². The third-order valence-electron chi connectivity index (χ3n) is 3.79. The SMILES string of the molecule is CNC(CCCc1ccc(F)cc1C)c1ccccc1. The van der Waals surface area contributed by atoms with E-state index in [1.54, 1.807) is 12.1 Å². The first-order valence-corrected chi connectivity index (χ1v) is 7.18. The van der Waals surface area contributed by atoms with Gasteiger partial charge in [0.05, 0.1) is 0 Å². The zero-order valence-electron chi connectivity index (χ0n) is 12.2. The number of rotatable bonds is 6. The van der Waals surface area contributed by atoms with Gasteiger partial charge in [-0.05, 0) is 62.1 Å². The Kier molecular flexibility index (Phi) is 5.31. The summed E-state index contributed by atoms with van der Waals surface area (Å²) >= 11 is 0. The smallest absolute Gasteiger partial charge is 0.123 e. The number of benzene rings is 2. The van der Waals surface area contributed by atoms with Crippen LogP contribution >= 0.6 is 0 Å². The first-order chi connectivity index (χ1) is 9.70. The van der Waals surface area contributed by atoms with Gasteiger partial charge in [-0.3, -0.25) is 0 Å². The predicted molar refractivity (Wildman–Crippen MR) is 82.3 cm³/mol. The fourth-order valence-electron chi connectivity index (χ4n) is 2.60. The molecule has 1 unspecified atom stereocenters. The van der Waals surface area contributed by atoms with Crippen LogP contribution in [0.3, 0.4) is 0 Å². The van der Waals surface area contributed by atoms with Crippen LogP contribution in [0, 0.1) is 12.7 Å². The molecule has 1 N–H and O–H groups in total. The minimum atomic E-state index is -0.149. The molecule has 2 heteroatoms. The summed E-state index contributed by atoms with van der Waals surface area (Å²) in [5, 5.41) is 3.37. The first kappa shape index (κ1) is 14.7. The van der Waals surface area contributed by atoms with Gasteiger partial charge in [-0.25, -0.2) is 4.39 Å². The Hall–Kier alpha value is -1.67. The highest BCUT2D eigenvalue weighted by atomic mass is 19.1. The van der Waals surface area contributed by atoms with Gasteiger partial charge in [-0.2, -0.15) is 0 Å². The van der Waals surface area contributed by atoms with E-state index < -0.39 is 0 Å². The van der Waals surface area contributed by atoms with Gasteiger partial charge in [-0.1, -0.05) is 36.4 Å². The predicted octanol–water partition coefficient (Wildman–Crippen LogP) is 4.42. The van der Waals surface area contributed by atoms with Crippen LogP contribution in [0.25, 0.3) is 0 Å². The minimum Gasteiger partial charge on any atom is -0.313 e. The summed E-state index contributed by atoms with van der Waals surface area (Å²) in [5.41, 5.74) is 3.62. The number of halogens is 1. The van der Waals surface area contributed by atoms with Crippen molar-refractivity contribution in [2.45, 2.75) is 32.2 Å². The molecule has 1 atom stereocenters. The molecule has 0 fully saturated rings. The Morgan fingerprint density at radius 2 is 1.85 bits per heavy atom. The van der Waals surface area contributed by atoms with Crippen molar-refractivity contribution in [3.8, 4) is 0 Å². The fourth-order valence-corrected chi connectivity index (χ4v) is 2.60.